The molecule has 7 heteroatoms. The van der Waals surface area contributed by atoms with E-state index in [0.29, 0.717) is 23.5 Å². The van der Waals surface area contributed by atoms with Crippen LogP contribution >= 0.6 is 12.4 Å². The highest BCUT2D eigenvalue weighted by Gasteiger charge is 2.26. The molecule has 2 amide bonds. The zero-order valence-electron chi connectivity index (χ0n) is 13.8. The van der Waals surface area contributed by atoms with Crippen LogP contribution in [0.25, 0.3) is 0 Å². The van der Waals surface area contributed by atoms with Crippen LogP contribution in [-0.4, -0.2) is 38.1 Å². The molecule has 2 fully saturated rings. The first-order chi connectivity index (χ1) is 11.2. The van der Waals surface area contributed by atoms with Crippen molar-refractivity contribution in [2.24, 2.45) is 5.92 Å². The molecule has 1 unspecified atom stereocenters. The summed E-state index contributed by atoms with van der Waals surface area (Å²) in [6.45, 7) is 1.65. The van der Waals surface area contributed by atoms with E-state index in [1.807, 2.05) is 0 Å². The van der Waals surface area contributed by atoms with Gasteiger partial charge in [0.25, 0.3) is 5.91 Å². The fourth-order valence-electron chi connectivity index (χ4n) is 2.75. The summed E-state index contributed by atoms with van der Waals surface area (Å²) in [4.78, 5) is 24.8. The number of benzene rings is 1. The van der Waals surface area contributed by atoms with Crippen LogP contribution < -0.4 is 20.7 Å². The summed E-state index contributed by atoms with van der Waals surface area (Å²) >= 11 is 0. The van der Waals surface area contributed by atoms with Gasteiger partial charge in [-0.2, -0.15) is 0 Å². The van der Waals surface area contributed by atoms with Gasteiger partial charge in [0.15, 0.2) is 0 Å². The van der Waals surface area contributed by atoms with Crippen LogP contribution in [-0.2, 0) is 4.79 Å². The number of halogens is 1. The Morgan fingerprint density at radius 2 is 2.04 bits per heavy atom. The van der Waals surface area contributed by atoms with Crippen molar-refractivity contribution in [1.29, 1.82) is 0 Å². The lowest BCUT2D eigenvalue weighted by molar-refractivity contribution is -0.120. The molecule has 2 aliphatic rings. The Morgan fingerprint density at radius 1 is 1.25 bits per heavy atom. The molecule has 1 heterocycles. The van der Waals surface area contributed by atoms with Crippen LogP contribution in [0.3, 0.4) is 0 Å². The second-order valence-electron chi connectivity index (χ2n) is 6.19. The quantitative estimate of drug-likeness (QED) is 0.756. The van der Waals surface area contributed by atoms with E-state index in [0.717, 1.165) is 32.2 Å². The van der Waals surface area contributed by atoms with E-state index in [4.69, 9.17) is 4.74 Å². The number of rotatable bonds is 5. The van der Waals surface area contributed by atoms with Crippen LogP contribution in [0.4, 0.5) is 5.69 Å². The third-order valence-electron chi connectivity index (χ3n) is 4.31. The summed E-state index contributed by atoms with van der Waals surface area (Å²) in [6, 6.07) is 5.42. The van der Waals surface area contributed by atoms with Gasteiger partial charge in [-0.25, -0.2) is 0 Å². The highest BCUT2D eigenvalue weighted by molar-refractivity contribution is 6.04. The van der Waals surface area contributed by atoms with E-state index in [1.165, 1.54) is 0 Å². The molecule has 0 aromatic heterocycles. The van der Waals surface area contributed by atoms with Crippen molar-refractivity contribution in [2.45, 2.75) is 31.7 Å². The molecule has 1 aromatic rings. The summed E-state index contributed by atoms with van der Waals surface area (Å²) in [7, 11) is 1.56. The SMILES string of the molecule is COc1ccc(NC(=O)C2CCCNC2)c(C(=O)NC2CC2)c1.Cl. The van der Waals surface area contributed by atoms with Crippen molar-refractivity contribution in [3.63, 3.8) is 0 Å². The summed E-state index contributed by atoms with van der Waals surface area (Å²) in [5.41, 5.74) is 0.993. The maximum atomic E-state index is 12.4. The van der Waals surface area contributed by atoms with Gasteiger partial charge in [-0.05, 0) is 50.4 Å². The molecule has 3 N–H and O–H groups in total. The second-order valence-corrected chi connectivity index (χ2v) is 6.19. The number of anilines is 1. The minimum atomic E-state index is -0.163. The highest BCUT2D eigenvalue weighted by Crippen LogP contribution is 2.25. The first kappa shape index (κ1) is 18.5. The van der Waals surface area contributed by atoms with Crippen molar-refractivity contribution < 1.29 is 14.3 Å². The number of carbonyl (C=O) groups is 2. The summed E-state index contributed by atoms with van der Waals surface area (Å²) < 4.78 is 5.20. The number of ether oxygens (including phenoxy) is 1. The van der Waals surface area contributed by atoms with Crippen molar-refractivity contribution in [3.05, 3.63) is 23.8 Å². The lowest BCUT2D eigenvalue weighted by Crippen LogP contribution is -2.37. The molecule has 6 nitrogen and oxygen atoms in total. The summed E-state index contributed by atoms with van der Waals surface area (Å²) in [5.74, 6) is 0.347. The average Bonchev–Trinajstić information content (AvgIpc) is 3.39. The van der Waals surface area contributed by atoms with E-state index in [2.05, 4.69) is 16.0 Å². The normalized spacial score (nSPS) is 19.8. The monoisotopic (exact) mass is 353 g/mol. The predicted octanol–water partition coefficient (Wildman–Crippen LogP) is 1.95. The number of nitrogens with one attached hydrogen (secondary N) is 3. The number of amides is 2. The molecule has 24 heavy (non-hydrogen) atoms. The molecule has 1 atom stereocenters. The maximum Gasteiger partial charge on any atom is 0.253 e. The Balaban J connectivity index is 0.00000208. The molecule has 3 rings (SSSR count). The van der Waals surface area contributed by atoms with Crippen molar-refractivity contribution in [3.8, 4) is 5.75 Å². The van der Waals surface area contributed by atoms with Gasteiger partial charge in [-0.1, -0.05) is 0 Å². The Hall–Kier alpha value is -1.79. The Morgan fingerprint density at radius 3 is 2.67 bits per heavy atom. The van der Waals surface area contributed by atoms with Crippen LogP contribution in [0.1, 0.15) is 36.0 Å². The van der Waals surface area contributed by atoms with Crippen LogP contribution in [0.5, 0.6) is 5.75 Å². The maximum absolute atomic E-state index is 12.4. The minimum absolute atomic E-state index is 0. The van der Waals surface area contributed by atoms with Crippen molar-refractivity contribution in [1.82, 2.24) is 10.6 Å². The van der Waals surface area contributed by atoms with Gasteiger partial charge >= 0.3 is 0 Å². The van der Waals surface area contributed by atoms with Crippen molar-refractivity contribution in [2.75, 3.05) is 25.5 Å². The third kappa shape index (κ3) is 4.61. The van der Waals surface area contributed by atoms with E-state index in [1.54, 1.807) is 25.3 Å². The molecular weight excluding hydrogens is 330 g/mol. The molecule has 1 aliphatic heterocycles. The average molecular weight is 354 g/mol. The van der Waals surface area contributed by atoms with Crippen LogP contribution in [0.15, 0.2) is 18.2 Å². The Kier molecular flexibility index (Phi) is 6.45. The number of piperidine rings is 1. The topological polar surface area (TPSA) is 79.5 Å². The summed E-state index contributed by atoms with van der Waals surface area (Å²) in [5, 5.41) is 9.10. The number of methoxy groups -OCH3 is 1. The van der Waals surface area contributed by atoms with Gasteiger partial charge in [0.2, 0.25) is 5.91 Å². The molecular formula is C17H24ClN3O3. The standard InChI is InChI=1S/C17H23N3O3.ClH/c1-23-13-6-7-15(14(9-13)17(22)19-12-4-5-12)20-16(21)11-3-2-8-18-10-11;/h6-7,9,11-12,18H,2-5,8,10H2,1H3,(H,19,22)(H,20,21);1H. The van der Waals surface area contributed by atoms with Crippen molar-refractivity contribution >= 4 is 29.9 Å². The van der Waals surface area contributed by atoms with E-state index in [9.17, 15) is 9.59 Å². The van der Waals surface area contributed by atoms with E-state index >= 15 is 0 Å². The van der Waals surface area contributed by atoms with Gasteiger partial charge in [0, 0.05) is 12.6 Å². The van der Waals surface area contributed by atoms with Gasteiger partial charge in [0.1, 0.15) is 5.75 Å². The molecule has 0 spiro atoms. The molecule has 0 bridgehead atoms. The number of hydrogen-bond donors (Lipinski definition) is 3. The largest absolute Gasteiger partial charge is 0.497 e. The molecule has 1 saturated heterocycles. The lowest BCUT2D eigenvalue weighted by atomic mass is 9.98. The highest BCUT2D eigenvalue weighted by atomic mass is 35.5. The third-order valence-corrected chi connectivity index (χ3v) is 4.31. The Bertz CT molecular complexity index is 599. The van der Waals surface area contributed by atoms with Gasteiger partial charge < -0.3 is 20.7 Å². The van der Waals surface area contributed by atoms with Gasteiger partial charge in [-0.3, -0.25) is 9.59 Å². The second kappa shape index (κ2) is 8.35. The van der Waals surface area contributed by atoms with E-state index < -0.39 is 0 Å². The molecule has 1 aliphatic carbocycles. The smallest absolute Gasteiger partial charge is 0.253 e. The minimum Gasteiger partial charge on any atom is -0.497 e. The molecule has 1 saturated carbocycles. The molecule has 132 valence electrons. The Labute approximate surface area is 148 Å². The zero-order valence-corrected chi connectivity index (χ0v) is 14.6. The van der Waals surface area contributed by atoms with Crippen LogP contribution in [0.2, 0.25) is 0 Å². The van der Waals surface area contributed by atoms with Gasteiger partial charge in [0.05, 0.1) is 24.3 Å². The van der Waals surface area contributed by atoms with E-state index in [-0.39, 0.29) is 36.2 Å². The molecule has 0 radical (unpaired) electrons. The fraction of sp³-hybridized carbons (Fsp3) is 0.529. The fourth-order valence-corrected chi connectivity index (χ4v) is 2.75. The zero-order chi connectivity index (χ0) is 16.2. The van der Waals surface area contributed by atoms with Crippen LogP contribution in [0, 0.1) is 5.92 Å². The molecule has 1 aromatic carbocycles. The number of hydrogen-bond acceptors (Lipinski definition) is 4. The first-order valence-electron chi connectivity index (χ1n) is 8.18. The first-order valence-corrected chi connectivity index (χ1v) is 8.18. The predicted molar refractivity (Wildman–Crippen MR) is 95.0 cm³/mol. The van der Waals surface area contributed by atoms with Gasteiger partial charge in [-0.15, -0.1) is 12.4 Å². The summed E-state index contributed by atoms with van der Waals surface area (Å²) in [6.07, 6.45) is 3.91. The lowest BCUT2D eigenvalue weighted by Gasteiger charge is -2.22. The number of carbonyl (C=O) groups excluding carboxylic acids is 2.